The second-order valence-corrected chi connectivity index (χ2v) is 6.38. The Balaban J connectivity index is 1.46. The summed E-state index contributed by atoms with van der Waals surface area (Å²) in [6.07, 6.45) is 4.06. The molecule has 0 fully saturated rings. The summed E-state index contributed by atoms with van der Waals surface area (Å²) in [6.45, 7) is 2.64. The number of benzene rings is 1. The molecule has 0 atom stereocenters. The molecule has 0 bridgehead atoms. The molecule has 1 amide bonds. The SMILES string of the molecule is Cc1nc(CCNC(=O)CCc2c[nH]c3ccccc23)cs1. The highest BCUT2D eigenvalue weighted by molar-refractivity contribution is 7.09. The summed E-state index contributed by atoms with van der Waals surface area (Å²) < 4.78 is 0. The molecule has 2 aromatic heterocycles. The molecule has 0 aliphatic carbocycles. The van der Waals surface area contributed by atoms with Crippen molar-refractivity contribution in [3.63, 3.8) is 0 Å². The summed E-state index contributed by atoms with van der Waals surface area (Å²) in [5.74, 6) is 0.0947. The van der Waals surface area contributed by atoms with Crippen LogP contribution in [-0.2, 0) is 17.6 Å². The van der Waals surface area contributed by atoms with Crippen LogP contribution in [0.2, 0.25) is 0 Å². The Bertz CT molecular complexity index is 775. The van der Waals surface area contributed by atoms with Crippen molar-refractivity contribution in [1.82, 2.24) is 15.3 Å². The average molecular weight is 313 g/mol. The molecule has 0 unspecified atom stereocenters. The summed E-state index contributed by atoms with van der Waals surface area (Å²) in [7, 11) is 0. The molecule has 0 radical (unpaired) electrons. The Labute approximate surface area is 133 Å². The topological polar surface area (TPSA) is 57.8 Å². The Morgan fingerprint density at radius 3 is 3.00 bits per heavy atom. The third-order valence-electron chi connectivity index (χ3n) is 3.67. The summed E-state index contributed by atoms with van der Waals surface area (Å²) in [4.78, 5) is 19.6. The van der Waals surface area contributed by atoms with Gasteiger partial charge >= 0.3 is 0 Å². The first-order valence-electron chi connectivity index (χ1n) is 7.45. The fraction of sp³-hybridized carbons (Fsp3) is 0.294. The number of carbonyl (C=O) groups is 1. The van der Waals surface area contributed by atoms with E-state index in [0.717, 1.165) is 29.1 Å². The van der Waals surface area contributed by atoms with Gasteiger partial charge in [-0.05, 0) is 25.0 Å². The number of thiazole rings is 1. The number of fused-ring (bicyclic) bond motifs is 1. The second kappa shape index (κ2) is 6.75. The predicted molar refractivity (Wildman–Crippen MR) is 90.2 cm³/mol. The highest BCUT2D eigenvalue weighted by atomic mass is 32.1. The zero-order valence-corrected chi connectivity index (χ0v) is 13.4. The summed E-state index contributed by atoms with van der Waals surface area (Å²) in [5, 5.41) is 7.29. The van der Waals surface area contributed by atoms with Crippen LogP contribution < -0.4 is 5.32 Å². The van der Waals surface area contributed by atoms with Crippen molar-refractivity contribution >= 4 is 28.1 Å². The predicted octanol–water partition coefficient (Wildman–Crippen LogP) is 3.22. The first kappa shape index (κ1) is 14.8. The normalized spacial score (nSPS) is 11.0. The number of nitrogens with zero attached hydrogens (tertiary/aromatic N) is 1. The van der Waals surface area contributed by atoms with Crippen molar-refractivity contribution in [2.45, 2.75) is 26.2 Å². The summed E-state index contributed by atoms with van der Waals surface area (Å²) >= 11 is 1.65. The van der Waals surface area contributed by atoms with Crippen LogP contribution in [0.3, 0.4) is 0 Å². The molecule has 0 saturated carbocycles. The molecule has 4 nitrogen and oxygen atoms in total. The van der Waals surface area contributed by atoms with Crippen LogP contribution in [0.15, 0.2) is 35.8 Å². The maximum Gasteiger partial charge on any atom is 0.220 e. The fourth-order valence-electron chi connectivity index (χ4n) is 2.53. The van der Waals surface area contributed by atoms with E-state index < -0.39 is 0 Å². The largest absolute Gasteiger partial charge is 0.361 e. The van der Waals surface area contributed by atoms with Crippen molar-refractivity contribution in [1.29, 1.82) is 0 Å². The molecule has 3 aromatic rings. The van der Waals surface area contributed by atoms with E-state index in [2.05, 4.69) is 27.4 Å². The average Bonchev–Trinajstić information content (AvgIpc) is 3.11. The second-order valence-electron chi connectivity index (χ2n) is 5.32. The monoisotopic (exact) mass is 313 g/mol. The van der Waals surface area contributed by atoms with Gasteiger partial charge in [0.05, 0.1) is 10.7 Å². The van der Waals surface area contributed by atoms with E-state index in [1.807, 2.05) is 30.6 Å². The number of hydrogen-bond acceptors (Lipinski definition) is 3. The quantitative estimate of drug-likeness (QED) is 0.734. The first-order valence-corrected chi connectivity index (χ1v) is 8.33. The zero-order chi connectivity index (χ0) is 15.4. The molecular weight excluding hydrogens is 294 g/mol. The highest BCUT2D eigenvalue weighted by Gasteiger charge is 2.07. The lowest BCUT2D eigenvalue weighted by molar-refractivity contribution is -0.121. The summed E-state index contributed by atoms with van der Waals surface area (Å²) in [5.41, 5.74) is 3.37. The van der Waals surface area contributed by atoms with Gasteiger partial charge in [0.1, 0.15) is 0 Å². The Morgan fingerprint density at radius 2 is 2.18 bits per heavy atom. The number of amides is 1. The Kier molecular flexibility index (Phi) is 4.53. The van der Waals surface area contributed by atoms with E-state index in [1.165, 1.54) is 10.9 Å². The van der Waals surface area contributed by atoms with Gasteiger partial charge in [-0.15, -0.1) is 11.3 Å². The molecule has 1 aromatic carbocycles. The minimum Gasteiger partial charge on any atom is -0.361 e. The standard InChI is InChI=1S/C17H19N3OS/c1-12-20-14(11-22-12)8-9-18-17(21)7-6-13-10-19-16-5-3-2-4-15(13)16/h2-5,10-11,19H,6-9H2,1H3,(H,18,21). The van der Waals surface area contributed by atoms with Crippen molar-refractivity contribution < 1.29 is 4.79 Å². The number of aromatic amines is 1. The van der Waals surface area contributed by atoms with Gasteiger partial charge in [-0.1, -0.05) is 18.2 Å². The number of carbonyl (C=O) groups excluding carboxylic acids is 1. The van der Waals surface area contributed by atoms with Crippen LogP contribution >= 0.6 is 11.3 Å². The molecule has 0 aliphatic rings. The van der Waals surface area contributed by atoms with Gasteiger partial charge in [0, 0.05) is 41.9 Å². The molecule has 114 valence electrons. The number of aromatic nitrogens is 2. The molecular formula is C17H19N3OS. The van der Waals surface area contributed by atoms with E-state index in [4.69, 9.17) is 0 Å². The zero-order valence-electron chi connectivity index (χ0n) is 12.6. The van der Waals surface area contributed by atoms with E-state index in [-0.39, 0.29) is 5.91 Å². The summed E-state index contributed by atoms with van der Waals surface area (Å²) in [6, 6.07) is 8.17. The van der Waals surface area contributed by atoms with Crippen LogP contribution in [0, 0.1) is 6.92 Å². The van der Waals surface area contributed by atoms with Gasteiger partial charge in [-0.25, -0.2) is 4.98 Å². The molecule has 22 heavy (non-hydrogen) atoms. The molecule has 0 aliphatic heterocycles. The lowest BCUT2D eigenvalue weighted by atomic mass is 10.1. The Hall–Kier alpha value is -2.14. The number of aryl methyl sites for hydroxylation is 2. The van der Waals surface area contributed by atoms with E-state index >= 15 is 0 Å². The van der Waals surface area contributed by atoms with Crippen molar-refractivity contribution in [2.75, 3.05) is 6.54 Å². The van der Waals surface area contributed by atoms with Gasteiger partial charge in [-0.2, -0.15) is 0 Å². The number of H-pyrrole nitrogens is 1. The molecule has 2 N–H and O–H groups in total. The van der Waals surface area contributed by atoms with Crippen molar-refractivity contribution in [2.24, 2.45) is 0 Å². The first-order chi connectivity index (χ1) is 10.7. The molecule has 5 heteroatoms. The Morgan fingerprint density at radius 1 is 1.32 bits per heavy atom. The number of para-hydroxylation sites is 1. The molecule has 0 spiro atoms. The number of nitrogens with one attached hydrogen (secondary N) is 2. The lowest BCUT2D eigenvalue weighted by Crippen LogP contribution is -2.25. The molecule has 2 heterocycles. The maximum atomic E-state index is 11.9. The van der Waals surface area contributed by atoms with E-state index in [9.17, 15) is 4.79 Å². The van der Waals surface area contributed by atoms with Crippen LogP contribution in [0.4, 0.5) is 0 Å². The van der Waals surface area contributed by atoms with Crippen LogP contribution in [-0.4, -0.2) is 22.4 Å². The van der Waals surface area contributed by atoms with Crippen LogP contribution in [0.25, 0.3) is 10.9 Å². The maximum absolute atomic E-state index is 11.9. The minimum atomic E-state index is 0.0947. The minimum absolute atomic E-state index is 0.0947. The van der Waals surface area contributed by atoms with Crippen molar-refractivity contribution in [3.8, 4) is 0 Å². The smallest absolute Gasteiger partial charge is 0.220 e. The number of hydrogen-bond donors (Lipinski definition) is 2. The van der Waals surface area contributed by atoms with Gasteiger partial charge in [0.15, 0.2) is 0 Å². The third-order valence-corrected chi connectivity index (χ3v) is 4.49. The van der Waals surface area contributed by atoms with Gasteiger partial charge < -0.3 is 10.3 Å². The van der Waals surface area contributed by atoms with E-state index in [0.29, 0.717) is 13.0 Å². The van der Waals surface area contributed by atoms with Gasteiger partial charge in [0.25, 0.3) is 0 Å². The highest BCUT2D eigenvalue weighted by Crippen LogP contribution is 2.18. The van der Waals surface area contributed by atoms with Crippen LogP contribution in [0.5, 0.6) is 0 Å². The van der Waals surface area contributed by atoms with Gasteiger partial charge in [-0.3, -0.25) is 4.79 Å². The lowest BCUT2D eigenvalue weighted by Gasteiger charge is -2.04. The van der Waals surface area contributed by atoms with Crippen LogP contribution in [0.1, 0.15) is 22.7 Å². The van der Waals surface area contributed by atoms with Gasteiger partial charge in [0.2, 0.25) is 5.91 Å². The molecule has 3 rings (SSSR count). The van der Waals surface area contributed by atoms with Crippen molar-refractivity contribution in [3.05, 3.63) is 52.1 Å². The molecule has 0 saturated heterocycles. The number of rotatable bonds is 6. The fourth-order valence-corrected chi connectivity index (χ4v) is 3.18. The third kappa shape index (κ3) is 3.54. The van der Waals surface area contributed by atoms with E-state index in [1.54, 1.807) is 11.3 Å².